The quantitative estimate of drug-likeness (QED) is 0.858. The number of rotatable bonds is 6. The second kappa shape index (κ2) is 8.52. The molecule has 0 bridgehead atoms. The van der Waals surface area contributed by atoms with Crippen LogP contribution in [0.3, 0.4) is 0 Å². The summed E-state index contributed by atoms with van der Waals surface area (Å²) in [4.78, 5) is 16.4. The topological polar surface area (TPSA) is 53.0 Å². The van der Waals surface area contributed by atoms with Gasteiger partial charge in [-0.05, 0) is 31.0 Å². The first-order valence-corrected chi connectivity index (χ1v) is 8.38. The van der Waals surface area contributed by atoms with Crippen LogP contribution < -0.4 is 4.74 Å². The monoisotopic (exact) mass is 340 g/mol. The maximum Gasteiger partial charge on any atom is 0.222 e. The second-order valence-corrected chi connectivity index (χ2v) is 6.41. The van der Waals surface area contributed by atoms with E-state index in [0.29, 0.717) is 30.2 Å². The molecule has 1 aromatic rings. The van der Waals surface area contributed by atoms with Gasteiger partial charge >= 0.3 is 0 Å². The molecule has 0 spiro atoms. The van der Waals surface area contributed by atoms with E-state index in [1.165, 1.54) is 0 Å². The molecule has 1 aromatic carbocycles. The van der Waals surface area contributed by atoms with Crippen LogP contribution in [0.2, 0.25) is 5.02 Å². The smallest absolute Gasteiger partial charge is 0.222 e. The highest BCUT2D eigenvalue weighted by molar-refractivity contribution is 6.32. The van der Waals surface area contributed by atoms with Crippen LogP contribution in [-0.4, -0.2) is 66.8 Å². The Balaban J connectivity index is 1.78. The molecule has 2 rings (SSSR count). The van der Waals surface area contributed by atoms with Gasteiger partial charge in [0.2, 0.25) is 5.91 Å². The van der Waals surface area contributed by atoms with E-state index in [4.69, 9.17) is 16.3 Å². The summed E-state index contributed by atoms with van der Waals surface area (Å²) in [5, 5.41) is 9.98. The summed E-state index contributed by atoms with van der Waals surface area (Å²) in [6.07, 6.45) is 0.840. The number of aliphatic hydroxyl groups excluding tert-OH is 1. The molecule has 1 heterocycles. The minimum atomic E-state index is -0.322. The minimum Gasteiger partial charge on any atom is -0.495 e. The average Bonchev–Trinajstić information content (AvgIpc) is 2.53. The van der Waals surface area contributed by atoms with Crippen molar-refractivity contribution in [2.45, 2.75) is 25.9 Å². The Morgan fingerprint density at radius 1 is 1.35 bits per heavy atom. The predicted molar refractivity (Wildman–Crippen MR) is 91.0 cm³/mol. The van der Waals surface area contributed by atoms with Crippen LogP contribution in [0.4, 0.5) is 0 Å². The number of aliphatic hydroxyl groups is 1. The molecule has 1 saturated heterocycles. The number of benzene rings is 1. The van der Waals surface area contributed by atoms with E-state index in [0.717, 1.165) is 31.7 Å². The van der Waals surface area contributed by atoms with E-state index in [2.05, 4.69) is 4.90 Å². The van der Waals surface area contributed by atoms with Gasteiger partial charge in [0, 0.05) is 39.1 Å². The van der Waals surface area contributed by atoms with E-state index < -0.39 is 0 Å². The molecule has 5 nitrogen and oxygen atoms in total. The summed E-state index contributed by atoms with van der Waals surface area (Å²) >= 11 is 6.10. The second-order valence-electron chi connectivity index (χ2n) is 6.00. The number of hydrogen-bond acceptors (Lipinski definition) is 4. The summed E-state index contributed by atoms with van der Waals surface area (Å²) in [5.74, 6) is 0.824. The van der Waals surface area contributed by atoms with Crippen molar-refractivity contribution >= 4 is 17.5 Å². The molecular formula is C17H25ClN2O3. The van der Waals surface area contributed by atoms with Crippen LogP contribution in [-0.2, 0) is 11.2 Å². The fourth-order valence-corrected chi connectivity index (χ4v) is 3.11. The number of β-amino-alcohol motifs (C(OH)–C–C–N with tert-alkyl or cyclic N) is 1. The molecule has 0 radical (unpaired) electrons. The number of carbonyl (C=O) groups excluding carboxylic acids is 1. The van der Waals surface area contributed by atoms with E-state index in [9.17, 15) is 9.90 Å². The van der Waals surface area contributed by atoms with Crippen LogP contribution in [0.1, 0.15) is 18.9 Å². The number of ether oxygens (including phenoxy) is 1. The lowest BCUT2D eigenvalue weighted by atomic mass is 10.1. The summed E-state index contributed by atoms with van der Waals surface area (Å²) in [6.45, 7) is 5.57. The van der Waals surface area contributed by atoms with Gasteiger partial charge in [0.15, 0.2) is 0 Å². The van der Waals surface area contributed by atoms with Crippen LogP contribution in [0.5, 0.6) is 5.75 Å². The number of nitrogens with zero attached hydrogens (tertiary/aromatic N) is 2. The van der Waals surface area contributed by atoms with Crippen molar-refractivity contribution < 1.29 is 14.6 Å². The average molecular weight is 341 g/mol. The van der Waals surface area contributed by atoms with Crippen molar-refractivity contribution in [1.82, 2.24) is 9.80 Å². The number of amides is 1. The molecular weight excluding hydrogens is 316 g/mol. The first kappa shape index (κ1) is 18.0. The van der Waals surface area contributed by atoms with Crippen molar-refractivity contribution in [3.05, 3.63) is 28.8 Å². The van der Waals surface area contributed by atoms with Gasteiger partial charge < -0.3 is 14.7 Å². The zero-order valence-corrected chi connectivity index (χ0v) is 14.6. The molecule has 0 aromatic heterocycles. The molecule has 0 aliphatic carbocycles. The van der Waals surface area contributed by atoms with Gasteiger partial charge in [0.25, 0.3) is 0 Å². The highest BCUT2D eigenvalue weighted by atomic mass is 35.5. The van der Waals surface area contributed by atoms with E-state index in [1.807, 2.05) is 23.1 Å². The number of aryl methyl sites for hydroxylation is 1. The normalized spacial score (nSPS) is 17.1. The summed E-state index contributed by atoms with van der Waals surface area (Å²) in [5.41, 5.74) is 1.04. The molecule has 1 amide bonds. The van der Waals surface area contributed by atoms with E-state index in [1.54, 1.807) is 14.0 Å². The van der Waals surface area contributed by atoms with Crippen molar-refractivity contribution in [2.24, 2.45) is 0 Å². The maximum atomic E-state index is 12.3. The van der Waals surface area contributed by atoms with Crippen LogP contribution in [0, 0.1) is 0 Å². The minimum absolute atomic E-state index is 0.175. The fourth-order valence-electron chi connectivity index (χ4n) is 2.83. The van der Waals surface area contributed by atoms with E-state index in [-0.39, 0.29) is 12.0 Å². The molecule has 1 aliphatic rings. The lowest BCUT2D eigenvalue weighted by molar-refractivity contribution is -0.133. The lowest BCUT2D eigenvalue weighted by Crippen LogP contribution is -2.50. The number of piperazine rings is 1. The number of halogens is 1. The third kappa shape index (κ3) is 5.37. The number of methoxy groups -OCH3 is 1. The largest absolute Gasteiger partial charge is 0.495 e. The Morgan fingerprint density at radius 2 is 2.04 bits per heavy atom. The van der Waals surface area contributed by atoms with Crippen LogP contribution >= 0.6 is 11.6 Å². The van der Waals surface area contributed by atoms with Crippen molar-refractivity contribution in [3.8, 4) is 5.75 Å². The summed E-state index contributed by atoms with van der Waals surface area (Å²) in [6, 6.07) is 5.63. The van der Waals surface area contributed by atoms with Gasteiger partial charge in [-0.3, -0.25) is 9.69 Å². The van der Waals surface area contributed by atoms with Crippen LogP contribution in [0.15, 0.2) is 18.2 Å². The molecule has 1 N–H and O–H groups in total. The molecule has 1 atom stereocenters. The van der Waals surface area contributed by atoms with Gasteiger partial charge in [-0.25, -0.2) is 0 Å². The van der Waals surface area contributed by atoms with Crippen LogP contribution in [0.25, 0.3) is 0 Å². The van der Waals surface area contributed by atoms with Crippen molar-refractivity contribution in [3.63, 3.8) is 0 Å². The Labute approximate surface area is 142 Å². The Morgan fingerprint density at radius 3 is 2.61 bits per heavy atom. The number of carbonyl (C=O) groups is 1. The SMILES string of the molecule is COc1ccc(CCC(=O)N2CCN(C[C@H](C)O)CC2)cc1Cl. The fraction of sp³-hybridized carbons (Fsp3) is 0.588. The highest BCUT2D eigenvalue weighted by Gasteiger charge is 2.21. The summed E-state index contributed by atoms with van der Waals surface area (Å²) in [7, 11) is 1.58. The van der Waals surface area contributed by atoms with E-state index >= 15 is 0 Å². The standard InChI is InChI=1S/C17H25ClN2O3/c1-13(21)12-19-7-9-20(10-8-19)17(22)6-4-14-3-5-16(23-2)15(18)11-14/h3,5,11,13,21H,4,6-10,12H2,1-2H3/t13-/m0/s1. The van der Waals surface area contributed by atoms with Gasteiger partial charge in [0.1, 0.15) is 5.75 Å². The number of hydrogen-bond donors (Lipinski definition) is 1. The third-order valence-electron chi connectivity index (χ3n) is 4.09. The first-order valence-electron chi connectivity index (χ1n) is 8.00. The van der Waals surface area contributed by atoms with Gasteiger partial charge in [0.05, 0.1) is 18.2 Å². The van der Waals surface area contributed by atoms with Gasteiger partial charge in [-0.15, -0.1) is 0 Å². The zero-order chi connectivity index (χ0) is 16.8. The maximum absolute atomic E-state index is 12.3. The summed E-state index contributed by atoms with van der Waals surface area (Å²) < 4.78 is 5.13. The third-order valence-corrected chi connectivity index (χ3v) is 4.39. The predicted octanol–water partition coefficient (Wildman–Crippen LogP) is 1.81. The van der Waals surface area contributed by atoms with Crippen molar-refractivity contribution in [1.29, 1.82) is 0 Å². The Bertz CT molecular complexity index is 529. The molecule has 128 valence electrons. The van der Waals surface area contributed by atoms with Gasteiger partial charge in [-0.1, -0.05) is 17.7 Å². The molecule has 23 heavy (non-hydrogen) atoms. The molecule has 0 unspecified atom stereocenters. The molecule has 0 saturated carbocycles. The Kier molecular flexibility index (Phi) is 6.69. The molecule has 1 aliphatic heterocycles. The lowest BCUT2D eigenvalue weighted by Gasteiger charge is -2.35. The van der Waals surface area contributed by atoms with Crippen molar-refractivity contribution in [2.75, 3.05) is 39.8 Å². The molecule has 1 fully saturated rings. The molecule has 6 heteroatoms. The highest BCUT2D eigenvalue weighted by Crippen LogP contribution is 2.25. The zero-order valence-electron chi connectivity index (χ0n) is 13.8. The van der Waals surface area contributed by atoms with Gasteiger partial charge in [-0.2, -0.15) is 0 Å². The first-order chi connectivity index (χ1) is 11.0. The Hall–Kier alpha value is -1.30.